The van der Waals surface area contributed by atoms with Crippen LogP contribution in [0, 0.1) is 5.82 Å². The zero-order valence-electron chi connectivity index (χ0n) is 11.5. The fourth-order valence-electron chi connectivity index (χ4n) is 2.57. The van der Waals surface area contributed by atoms with Gasteiger partial charge in [0.05, 0.1) is 6.61 Å². The van der Waals surface area contributed by atoms with Crippen LogP contribution in [0.25, 0.3) is 0 Å². The van der Waals surface area contributed by atoms with Gasteiger partial charge in [-0.05, 0) is 43.5 Å². The van der Waals surface area contributed by atoms with Gasteiger partial charge >= 0.3 is 0 Å². The SMILES string of the molecule is CCCNC(CO)CCN1CCc2ccc(F)cc21. The van der Waals surface area contributed by atoms with Crippen LogP contribution in [0.15, 0.2) is 18.2 Å². The predicted molar refractivity (Wildman–Crippen MR) is 76.1 cm³/mol. The molecule has 1 atom stereocenters. The monoisotopic (exact) mass is 266 g/mol. The maximum absolute atomic E-state index is 13.3. The van der Waals surface area contributed by atoms with E-state index in [9.17, 15) is 9.50 Å². The fourth-order valence-corrected chi connectivity index (χ4v) is 2.57. The molecule has 4 heteroatoms. The molecule has 0 saturated carbocycles. The Labute approximate surface area is 114 Å². The highest BCUT2D eigenvalue weighted by atomic mass is 19.1. The summed E-state index contributed by atoms with van der Waals surface area (Å²) in [4.78, 5) is 2.22. The molecule has 2 N–H and O–H groups in total. The van der Waals surface area contributed by atoms with Crippen LogP contribution in [0.5, 0.6) is 0 Å². The highest BCUT2D eigenvalue weighted by molar-refractivity contribution is 5.58. The molecule has 0 aliphatic carbocycles. The Bertz CT molecular complexity index is 411. The number of fused-ring (bicyclic) bond motifs is 1. The summed E-state index contributed by atoms with van der Waals surface area (Å²) in [6, 6.07) is 5.17. The summed E-state index contributed by atoms with van der Waals surface area (Å²) in [5.41, 5.74) is 2.25. The number of hydrogen-bond donors (Lipinski definition) is 2. The van der Waals surface area contributed by atoms with E-state index in [1.54, 1.807) is 6.07 Å². The summed E-state index contributed by atoms with van der Waals surface area (Å²) in [5, 5.41) is 12.7. The highest BCUT2D eigenvalue weighted by Gasteiger charge is 2.20. The molecule has 1 unspecified atom stereocenters. The van der Waals surface area contributed by atoms with Crippen LogP contribution in [0.1, 0.15) is 25.3 Å². The summed E-state index contributed by atoms with van der Waals surface area (Å²) >= 11 is 0. The minimum absolute atomic E-state index is 0.137. The van der Waals surface area contributed by atoms with Crippen molar-refractivity contribution in [2.45, 2.75) is 32.2 Å². The molecule has 1 aromatic rings. The van der Waals surface area contributed by atoms with Crippen molar-refractivity contribution >= 4 is 5.69 Å². The van der Waals surface area contributed by atoms with Gasteiger partial charge in [-0.3, -0.25) is 0 Å². The third-order valence-corrected chi connectivity index (χ3v) is 3.69. The van der Waals surface area contributed by atoms with Gasteiger partial charge in [-0.1, -0.05) is 13.0 Å². The average Bonchev–Trinajstić information content (AvgIpc) is 2.81. The molecule has 0 fully saturated rings. The molecule has 106 valence electrons. The standard InChI is InChI=1S/C15H23FN2O/c1-2-7-17-14(11-19)6-9-18-8-5-12-3-4-13(16)10-15(12)18/h3-4,10,14,17,19H,2,5-9,11H2,1H3. The van der Waals surface area contributed by atoms with Crippen molar-refractivity contribution < 1.29 is 9.50 Å². The summed E-state index contributed by atoms with van der Waals surface area (Å²) in [7, 11) is 0. The minimum Gasteiger partial charge on any atom is -0.395 e. The first kappa shape index (κ1) is 14.3. The lowest BCUT2D eigenvalue weighted by Gasteiger charge is -2.23. The lowest BCUT2D eigenvalue weighted by molar-refractivity contribution is 0.237. The molecule has 0 spiro atoms. The quantitative estimate of drug-likeness (QED) is 0.791. The van der Waals surface area contributed by atoms with Crippen LogP contribution in [-0.4, -0.2) is 37.4 Å². The Balaban J connectivity index is 1.89. The van der Waals surface area contributed by atoms with E-state index < -0.39 is 0 Å². The lowest BCUT2D eigenvalue weighted by atomic mass is 10.1. The van der Waals surface area contributed by atoms with E-state index in [2.05, 4.69) is 17.1 Å². The number of rotatable bonds is 7. The molecule has 0 saturated heterocycles. The van der Waals surface area contributed by atoms with Gasteiger partial charge in [-0.25, -0.2) is 4.39 Å². The van der Waals surface area contributed by atoms with Gasteiger partial charge in [0.1, 0.15) is 5.82 Å². The Morgan fingerprint density at radius 2 is 2.32 bits per heavy atom. The van der Waals surface area contributed by atoms with Crippen LogP contribution in [0.4, 0.5) is 10.1 Å². The molecule has 1 aromatic carbocycles. The maximum Gasteiger partial charge on any atom is 0.125 e. The summed E-state index contributed by atoms with van der Waals surface area (Å²) in [6.07, 6.45) is 2.93. The summed E-state index contributed by atoms with van der Waals surface area (Å²) in [6.45, 7) is 5.00. The maximum atomic E-state index is 13.3. The molecule has 1 aliphatic heterocycles. The van der Waals surface area contributed by atoms with Crippen molar-refractivity contribution in [2.24, 2.45) is 0 Å². The molecule has 0 radical (unpaired) electrons. The molecular weight excluding hydrogens is 243 g/mol. The van der Waals surface area contributed by atoms with Crippen molar-refractivity contribution in [2.75, 3.05) is 31.1 Å². The van der Waals surface area contributed by atoms with E-state index in [4.69, 9.17) is 0 Å². The summed E-state index contributed by atoms with van der Waals surface area (Å²) < 4.78 is 13.3. The molecule has 1 aliphatic rings. The molecule has 0 bridgehead atoms. The number of aliphatic hydroxyl groups is 1. The van der Waals surface area contributed by atoms with Crippen molar-refractivity contribution in [3.05, 3.63) is 29.6 Å². The zero-order valence-corrected chi connectivity index (χ0v) is 11.5. The highest BCUT2D eigenvalue weighted by Crippen LogP contribution is 2.28. The number of aliphatic hydroxyl groups excluding tert-OH is 1. The number of hydrogen-bond acceptors (Lipinski definition) is 3. The Kier molecular flexibility index (Phi) is 5.16. The van der Waals surface area contributed by atoms with E-state index in [1.165, 1.54) is 11.6 Å². The van der Waals surface area contributed by atoms with Crippen LogP contribution >= 0.6 is 0 Å². The average molecular weight is 266 g/mol. The number of benzene rings is 1. The first-order chi connectivity index (χ1) is 9.24. The van der Waals surface area contributed by atoms with Gasteiger partial charge in [0.2, 0.25) is 0 Å². The van der Waals surface area contributed by atoms with E-state index >= 15 is 0 Å². The third kappa shape index (κ3) is 3.67. The first-order valence-corrected chi connectivity index (χ1v) is 7.12. The van der Waals surface area contributed by atoms with Gasteiger partial charge in [0.15, 0.2) is 0 Å². The molecule has 1 heterocycles. The van der Waals surface area contributed by atoms with Crippen LogP contribution in [-0.2, 0) is 6.42 Å². The fraction of sp³-hybridized carbons (Fsp3) is 0.600. The second-order valence-electron chi connectivity index (χ2n) is 5.13. The number of nitrogens with one attached hydrogen (secondary N) is 1. The minimum atomic E-state index is -0.173. The second kappa shape index (κ2) is 6.87. The van der Waals surface area contributed by atoms with Crippen molar-refractivity contribution in [3.8, 4) is 0 Å². The summed E-state index contributed by atoms with van der Waals surface area (Å²) in [5.74, 6) is -0.173. The van der Waals surface area contributed by atoms with Crippen LogP contribution < -0.4 is 10.2 Å². The van der Waals surface area contributed by atoms with Gasteiger partial charge < -0.3 is 15.3 Å². The van der Waals surface area contributed by atoms with Gasteiger partial charge in [0, 0.05) is 24.8 Å². The van der Waals surface area contributed by atoms with E-state index in [0.29, 0.717) is 0 Å². The first-order valence-electron chi connectivity index (χ1n) is 7.12. The largest absolute Gasteiger partial charge is 0.395 e. The Hall–Kier alpha value is -1.13. The molecule has 0 aromatic heterocycles. The number of anilines is 1. The van der Waals surface area contributed by atoms with Crippen molar-refractivity contribution in [3.63, 3.8) is 0 Å². The van der Waals surface area contributed by atoms with Crippen LogP contribution in [0.3, 0.4) is 0 Å². The van der Waals surface area contributed by atoms with Gasteiger partial charge in [-0.2, -0.15) is 0 Å². The smallest absolute Gasteiger partial charge is 0.125 e. The molecule has 0 amide bonds. The topological polar surface area (TPSA) is 35.5 Å². The second-order valence-corrected chi connectivity index (χ2v) is 5.13. The predicted octanol–water partition coefficient (Wildman–Crippen LogP) is 1.94. The van der Waals surface area contributed by atoms with E-state index in [0.717, 1.165) is 44.6 Å². The van der Waals surface area contributed by atoms with Crippen LogP contribution in [0.2, 0.25) is 0 Å². The third-order valence-electron chi connectivity index (χ3n) is 3.69. The molecular formula is C15H23FN2O. The Morgan fingerprint density at radius 1 is 1.47 bits per heavy atom. The van der Waals surface area contributed by atoms with Crippen molar-refractivity contribution in [1.82, 2.24) is 5.32 Å². The van der Waals surface area contributed by atoms with Gasteiger partial charge in [-0.15, -0.1) is 0 Å². The van der Waals surface area contributed by atoms with Gasteiger partial charge in [0.25, 0.3) is 0 Å². The molecule has 19 heavy (non-hydrogen) atoms. The number of halogens is 1. The Morgan fingerprint density at radius 3 is 3.05 bits per heavy atom. The molecule has 3 nitrogen and oxygen atoms in total. The van der Waals surface area contributed by atoms with E-state index in [-0.39, 0.29) is 18.5 Å². The number of nitrogens with zero attached hydrogens (tertiary/aromatic N) is 1. The normalized spacial score (nSPS) is 15.6. The molecule has 2 rings (SSSR count). The van der Waals surface area contributed by atoms with E-state index in [1.807, 2.05) is 6.07 Å². The van der Waals surface area contributed by atoms with Crippen molar-refractivity contribution in [1.29, 1.82) is 0 Å². The lowest BCUT2D eigenvalue weighted by Crippen LogP contribution is -2.36. The zero-order chi connectivity index (χ0) is 13.7.